The molecule has 1 unspecified atom stereocenters. The zero-order valence-corrected chi connectivity index (χ0v) is 14.7. The topological polar surface area (TPSA) is 6.48 Å². The van der Waals surface area contributed by atoms with Gasteiger partial charge in [-0.25, -0.2) is 0 Å². The maximum absolute atomic E-state index is 2.79. The van der Waals surface area contributed by atoms with Crippen LogP contribution in [0.5, 0.6) is 0 Å². The highest BCUT2D eigenvalue weighted by atomic mass is 15.3. The van der Waals surface area contributed by atoms with Gasteiger partial charge in [-0.3, -0.25) is 4.90 Å². The van der Waals surface area contributed by atoms with Gasteiger partial charge in [-0.05, 0) is 31.8 Å². The molecule has 2 nitrogen and oxygen atoms in total. The first-order valence-corrected chi connectivity index (χ1v) is 9.81. The molecule has 1 heterocycles. The molecular weight excluding hydrogens is 256 g/mol. The van der Waals surface area contributed by atoms with Gasteiger partial charge < -0.3 is 4.90 Å². The van der Waals surface area contributed by atoms with Crippen LogP contribution in [0.25, 0.3) is 0 Å². The Morgan fingerprint density at radius 3 is 1.81 bits per heavy atom. The van der Waals surface area contributed by atoms with Gasteiger partial charge >= 0.3 is 0 Å². The van der Waals surface area contributed by atoms with Crippen LogP contribution in [-0.4, -0.2) is 48.6 Å². The standard InChI is InChI=1S/C19H38N2/c1-3-20-15-16-21(4-2)19(17-20)18-13-11-9-7-5-6-8-10-12-14-18/h18-19H,3-17H2,1-2H3. The molecule has 0 radical (unpaired) electrons. The van der Waals surface area contributed by atoms with Crippen molar-refractivity contribution in [3.63, 3.8) is 0 Å². The van der Waals surface area contributed by atoms with Gasteiger partial charge in [-0.2, -0.15) is 0 Å². The van der Waals surface area contributed by atoms with E-state index in [4.69, 9.17) is 0 Å². The molecule has 0 aromatic carbocycles. The van der Waals surface area contributed by atoms with Crippen LogP contribution < -0.4 is 0 Å². The normalized spacial score (nSPS) is 29.1. The Labute approximate surface area is 133 Å². The lowest BCUT2D eigenvalue weighted by atomic mass is 9.86. The lowest BCUT2D eigenvalue weighted by Crippen LogP contribution is -2.55. The summed E-state index contributed by atoms with van der Waals surface area (Å²) in [6.45, 7) is 11.1. The van der Waals surface area contributed by atoms with Crippen LogP contribution in [0.3, 0.4) is 0 Å². The Kier molecular flexibility index (Phi) is 8.10. The van der Waals surface area contributed by atoms with Gasteiger partial charge in [0.2, 0.25) is 0 Å². The average Bonchev–Trinajstić information content (AvgIpc) is 2.59. The molecule has 1 aliphatic heterocycles. The van der Waals surface area contributed by atoms with Gasteiger partial charge in [0.25, 0.3) is 0 Å². The second-order valence-corrected chi connectivity index (χ2v) is 7.26. The lowest BCUT2D eigenvalue weighted by Gasteiger charge is -2.44. The monoisotopic (exact) mass is 294 g/mol. The molecule has 124 valence electrons. The molecule has 1 atom stereocenters. The summed E-state index contributed by atoms with van der Waals surface area (Å²) >= 11 is 0. The van der Waals surface area contributed by atoms with Crippen LogP contribution in [0.2, 0.25) is 0 Å². The van der Waals surface area contributed by atoms with Gasteiger partial charge in [0.15, 0.2) is 0 Å². The average molecular weight is 295 g/mol. The third kappa shape index (κ3) is 5.56. The molecule has 2 heteroatoms. The van der Waals surface area contributed by atoms with E-state index in [-0.39, 0.29) is 0 Å². The predicted molar refractivity (Wildman–Crippen MR) is 92.8 cm³/mol. The molecule has 0 aromatic heterocycles. The Morgan fingerprint density at radius 2 is 1.29 bits per heavy atom. The van der Waals surface area contributed by atoms with E-state index in [2.05, 4.69) is 23.6 Å². The van der Waals surface area contributed by atoms with Gasteiger partial charge in [0.05, 0.1) is 0 Å². The molecule has 0 amide bonds. The van der Waals surface area contributed by atoms with E-state index >= 15 is 0 Å². The molecule has 1 aliphatic carbocycles. The first-order valence-electron chi connectivity index (χ1n) is 9.81. The Hall–Kier alpha value is -0.0800. The van der Waals surface area contributed by atoms with Gasteiger partial charge in [-0.1, -0.05) is 65.2 Å². The number of likely N-dealkylation sites (N-methyl/N-ethyl adjacent to an activating group) is 2. The summed E-state index contributed by atoms with van der Waals surface area (Å²) in [5, 5.41) is 0. The second kappa shape index (κ2) is 9.84. The SMILES string of the molecule is CCN1CCN(CC)C(C2CCCCCCCCCC2)C1. The highest BCUT2D eigenvalue weighted by molar-refractivity contribution is 4.86. The van der Waals surface area contributed by atoms with Crippen molar-refractivity contribution >= 4 is 0 Å². The van der Waals surface area contributed by atoms with E-state index in [1.807, 2.05) is 0 Å². The van der Waals surface area contributed by atoms with Crippen LogP contribution >= 0.6 is 0 Å². The van der Waals surface area contributed by atoms with Gasteiger partial charge in [-0.15, -0.1) is 0 Å². The molecule has 2 aliphatic rings. The molecule has 2 fully saturated rings. The third-order valence-electron chi connectivity index (χ3n) is 5.92. The molecular formula is C19H38N2. The molecule has 0 bridgehead atoms. The van der Waals surface area contributed by atoms with E-state index in [0.29, 0.717) is 0 Å². The number of hydrogen-bond acceptors (Lipinski definition) is 2. The Morgan fingerprint density at radius 1 is 0.714 bits per heavy atom. The zero-order chi connectivity index (χ0) is 14.9. The molecule has 21 heavy (non-hydrogen) atoms. The fourth-order valence-corrected chi connectivity index (χ4v) is 4.44. The van der Waals surface area contributed by atoms with Crippen molar-refractivity contribution in [3.05, 3.63) is 0 Å². The Balaban J connectivity index is 1.94. The molecule has 0 spiro atoms. The third-order valence-corrected chi connectivity index (χ3v) is 5.92. The van der Waals surface area contributed by atoms with Crippen LogP contribution in [0.1, 0.15) is 78.1 Å². The smallest absolute Gasteiger partial charge is 0.0251 e. The van der Waals surface area contributed by atoms with E-state index in [0.717, 1.165) is 12.0 Å². The van der Waals surface area contributed by atoms with E-state index in [1.165, 1.54) is 96.9 Å². The maximum Gasteiger partial charge on any atom is 0.0251 e. The van der Waals surface area contributed by atoms with Crippen LogP contribution in [0.4, 0.5) is 0 Å². The van der Waals surface area contributed by atoms with Crippen molar-refractivity contribution < 1.29 is 0 Å². The van der Waals surface area contributed by atoms with Crippen LogP contribution in [0.15, 0.2) is 0 Å². The van der Waals surface area contributed by atoms with E-state index in [1.54, 1.807) is 0 Å². The van der Waals surface area contributed by atoms with E-state index in [9.17, 15) is 0 Å². The summed E-state index contributed by atoms with van der Waals surface area (Å²) in [4.78, 5) is 5.47. The minimum absolute atomic E-state index is 0.837. The quantitative estimate of drug-likeness (QED) is 0.754. The summed E-state index contributed by atoms with van der Waals surface area (Å²) in [6.07, 6.45) is 14.8. The fraction of sp³-hybridized carbons (Fsp3) is 1.00. The van der Waals surface area contributed by atoms with Crippen LogP contribution in [0, 0.1) is 5.92 Å². The number of rotatable bonds is 3. The van der Waals surface area contributed by atoms with Gasteiger partial charge in [0.1, 0.15) is 0 Å². The molecule has 0 aromatic rings. The van der Waals surface area contributed by atoms with Crippen molar-refractivity contribution in [2.24, 2.45) is 5.92 Å². The van der Waals surface area contributed by atoms with Crippen molar-refractivity contribution in [2.45, 2.75) is 84.1 Å². The van der Waals surface area contributed by atoms with E-state index < -0.39 is 0 Å². The molecule has 1 saturated heterocycles. The Bertz CT molecular complexity index is 254. The number of hydrogen-bond donors (Lipinski definition) is 0. The van der Waals surface area contributed by atoms with Crippen molar-refractivity contribution in [2.75, 3.05) is 32.7 Å². The largest absolute Gasteiger partial charge is 0.301 e. The minimum atomic E-state index is 0.837. The zero-order valence-electron chi connectivity index (χ0n) is 14.7. The first kappa shape index (κ1) is 17.3. The van der Waals surface area contributed by atoms with Crippen LogP contribution in [-0.2, 0) is 0 Å². The highest BCUT2D eigenvalue weighted by Crippen LogP contribution is 2.28. The highest BCUT2D eigenvalue weighted by Gasteiger charge is 2.31. The first-order chi connectivity index (χ1) is 10.3. The predicted octanol–water partition coefficient (Wildman–Crippen LogP) is 4.54. The van der Waals surface area contributed by atoms with Crippen molar-refractivity contribution in [1.82, 2.24) is 9.80 Å². The lowest BCUT2D eigenvalue weighted by molar-refractivity contribution is 0.0412. The summed E-state index contributed by atoms with van der Waals surface area (Å²) in [6, 6.07) is 0.837. The van der Waals surface area contributed by atoms with Gasteiger partial charge in [0, 0.05) is 25.7 Å². The second-order valence-electron chi connectivity index (χ2n) is 7.26. The summed E-state index contributed by atoms with van der Waals surface area (Å²) in [5.41, 5.74) is 0. The number of piperazine rings is 1. The molecule has 0 N–H and O–H groups in total. The molecule has 1 saturated carbocycles. The summed E-state index contributed by atoms with van der Waals surface area (Å²) in [7, 11) is 0. The fourth-order valence-electron chi connectivity index (χ4n) is 4.44. The summed E-state index contributed by atoms with van der Waals surface area (Å²) < 4.78 is 0. The van der Waals surface area contributed by atoms with Crippen molar-refractivity contribution in [3.8, 4) is 0 Å². The molecule has 2 rings (SSSR count). The number of nitrogens with zero attached hydrogens (tertiary/aromatic N) is 2. The summed E-state index contributed by atoms with van der Waals surface area (Å²) in [5.74, 6) is 0.956. The van der Waals surface area contributed by atoms with Crippen molar-refractivity contribution in [1.29, 1.82) is 0 Å². The maximum atomic E-state index is 2.79. The minimum Gasteiger partial charge on any atom is -0.301 e.